The Bertz CT molecular complexity index is 5380. The van der Waals surface area contributed by atoms with E-state index in [1.807, 2.05) is 36.4 Å². The summed E-state index contributed by atoms with van der Waals surface area (Å²) in [5.41, 5.74) is 17.4. The van der Waals surface area contributed by atoms with Crippen LogP contribution in [0.4, 0.5) is 0 Å². The number of aromatic nitrogens is 6. The molecule has 0 aliphatic carbocycles. The maximum absolute atomic E-state index is 6.45. The molecule has 0 radical (unpaired) electrons. The largest absolute Gasteiger partial charge is 0.456 e. The Labute approximate surface area is 476 Å². The minimum absolute atomic E-state index is 0.563. The molecule has 0 saturated heterocycles. The van der Waals surface area contributed by atoms with Crippen molar-refractivity contribution < 1.29 is 13.3 Å². The first-order chi connectivity index (χ1) is 41.6. The molecule has 7 heterocycles. The molecule has 9 nitrogen and oxygen atoms in total. The second-order valence-electron chi connectivity index (χ2n) is 21.8. The van der Waals surface area contributed by atoms with Crippen molar-refractivity contribution in [3.8, 4) is 51.2 Å². The molecule has 84 heavy (non-hydrogen) atoms. The number of hydrogen-bond donors (Lipinski definition) is 0. The van der Waals surface area contributed by atoms with Gasteiger partial charge in [-0.2, -0.15) is 0 Å². The highest BCUT2D eigenvalue weighted by molar-refractivity contribution is 6.27. The summed E-state index contributed by atoms with van der Waals surface area (Å²) in [6, 6.07) is 89.4. The van der Waals surface area contributed by atoms with Crippen LogP contribution in [0.2, 0.25) is 0 Å². The van der Waals surface area contributed by atoms with Gasteiger partial charge in [0.2, 0.25) is 0 Å². The zero-order valence-corrected chi connectivity index (χ0v) is 44.7. The van der Waals surface area contributed by atoms with Gasteiger partial charge in [-0.15, -0.1) is 0 Å². The standard InChI is InChI=1S/C75H42N6O3/c1-7-19-58-49(13-1)52-37-40-64-67(55-16-4-10-22-61(55)82-64)70(52)79(58)46-31-25-43(26-32-46)73-76-74(44-27-33-47(34-28-44)80-59-20-8-2-14-50(59)53-38-41-65-68(71(53)80)56-17-5-11-23-62(56)83-65)78-75(77-73)45-29-35-48(36-30-45)81-60-21-9-3-15-51(60)54-39-42-66-69(72(54)81)57-18-6-12-24-63(57)84-66/h1-42H. The fourth-order valence-electron chi connectivity index (χ4n) is 13.6. The van der Waals surface area contributed by atoms with Crippen LogP contribution >= 0.6 is 0 Å². The highest BCUT2D eigenvalue weighted by Gasteiger charge is 2.24. The first-order valence-corrected chi connectivity index (χ1v) is 28.2. The first kappa shape index (κ1) is 45.2. The van der Waals surface area contributed by atoms with Gasteiger partial charge in [-0.05, 0) is 146 Å². The van der Waals surface area contributed by atoms with E-state index in [-0.39, 0.29) is 0 Å². The van der Waals surface area contributed by atoms with Crippen LogP contribution in [0.15, 0.2) is 268 Å². The van der Waals surface area contributed by atoms with Gasteiger partial charge in [-0.25, -0.2) is 15.0 Å². The topological polar surface area (TPSA) is 92.9 Å². The Hall–Kier alpha value is -11.6. The third-order valence-corrected chi connectivity index (χ3v) is 17.3. The smallest absolute Gasteiger partial charge is 0.164 e. The molecule has 19 rings (SSSR count). The number of para-hydroxylation sites is 6. The van der Waals surface area contributed by atoms with Crippen LogP contribution < -0.4 is 0 Å². The predicted molar refractivity (Wildman–Crippen MR) is 341 cm³/mol. The van der Waals surface area contributed by atoms with Crippen molar-refractivity contribution in [2.24, 2.45) is 0 Å². The van der Waals surface area contributed by atoms with Gasteiger partial charge in [-0.1, -0.05) is 109 Å². The molecular formula is C75H42N6O3. The van der Waals surface area contributed by atoms with Crippen molar-refractivity contribution >= 4 is 131 Å². The van der Waals surface area contributed by atoms with Crippen molar-refractivity contribution in [2.45, 2.75) is 0 Å². The zero-order chi connectivity index (χ0) is 54.7. The Morgan fingerprint density at radius 3 is 0.774 bits per heavy atom. The molecule has 0 saturated carbocycles. The monoisotopic (exact) mass is 1070 g/mol. The molecule has 0 aliphatic rings. The van der Waals surface area contributed by atoms with E-state index >= 15 is 0 Å². The number of nitrogens with zero attached hydrogens (tertiary/aromatic N) is 6. The van der Waals surface area contributed by atoms with Crippen LogP contribution in [0, 0.1) is 0 Å². The minimum atomic E-state index is 0.563. The van der Waals surface area contributed by atoms with E-state index in [1.165, 1.54) is 32.3 Å². The molecule has 0 bridgehead atoms. The number of benzene rings is 12. The first-order valence-electron chi connectivity index (χ1n) is 28.2. The van der Waals surface area contributed by atoms with Crippen LogP contribution in [0.25, 0.3) is 182 Å². The average Bonchev–Trinajstić information content (AvgIpc) is 3.89. The second-order valence-corrected chi connectivity index (χ2v) is 21.8. The average molecular weight is 1080 g/mol. The quantitative estimate of drug-likeness (QED) is 0.165. The van der Waals surface area contributed by atoms with Crippen LogP contribution in [-0.4, -0.2) is 28.7 Å². The van der Waals surface area contributed by atoms with Gasteiger partial charge in [0.05, 0.1) is 49.3 Å². The summed E-state index contributed by atoms with van der Waals surface area (Å²) in [7, 11) is 0. The summed E-state index contributed by atoms with van der Waals surface area (Å²) in [4.78, 5) is 16.0. The molecule has 0 spiro atoms. The van der Waals surface area contributed by atoms with E-state index in [1.54, 1.807) is 0 Å². The van der Waals surface area contributed by atoms with Gasteiger partial charge in [0.25, 0.3) is 0 Å². The molecule has 0 amide bonds. The fraction of sp³-hybridized carbons (Fsp3) is 0. The van der Waals surface area contributed by atoms with E-state index in [0.717, 1.165) is 133 Å². The molecule has 19 aromatic rings. The van der Waals surface area contributed by atoms with Gasteiger partial charge in [0.1, 0.15) is 33.5 Å². The van der Waals surface area contributed by atoms with E-state index in [4.69, 9.17) is 28.2 Å². The van der Waals surface area contributed by atoms with E-state index in [0.29, 0.717) is 17.5 Å². The highest BCUT2D eigenvalue weighted by Crippen LogP contribution is 2.45. The van der Waals surface area contributed by atoms with Crippen LogP contribution in [0.5, 0.6) is 0 Å². The van der Waals surface area contributed by atoms with Gasteiger partial charge < -0.3 is 27.0 Å². The molecule has 0 aliphatic heterocycles. The molecule has 9 heteroatoms. The lowest BCUT2D eigenvalue weighted by Crippen LogP contribution is -2.01. The summed E-state index contributed by atoms with van der Waals surface area (Å²) in [5.74, 6) is 1.69. The van der Waals surface area contributed by atoms with Crippen molar-refractivity contribution in [1.29, 1.82) is 0 Å². The Morgan fingerprint density at radius 1 is 0.214 bits per heavy atom. The lowest BCUT2D eigenvalue weighted by molar-refractivity contribution is 0.669. The summed E-state index contributed by atoms with van der Waals surface area (Å²) in [6.45, 7) is 0. The van der Waals surface area contributed by atoms with E-state index in [9.17, 15) is 0 Å². The SMILES string of the molecule is c1ccc2c(c1)oc1ccc3c4ccccc4n(-c4ccc(-c5nc(-c6ccc(-n7c8ccccc8c8ccc9oc%10ccccc%10c9c87)cc6)nc(-c6ccc(-n7c8ccccc8c8ccc9oc%10ccccc%10c9c87)cc6)n5)cc4)c3c12. The normalized spacial score (nSPS) is 12.3. The van der Waals surface area contributed by atoms with Gasteiger partial charge in [-0.3, -0.25) is 0 Å². The van der Waals surface area contributed by atoms with E-state index < -0.39 is 0 Å². The molecule has 0 atom stereocenters. The molecule has 12 aromatic carbocycles. The maximum atomic E-state index is 6.45. The minimum Gasteiger partial charge on any atom is -0.456 e. The number of hydrogen-bond acceptors (Lipinski definition) is 6. The molecule has 390 valence electrons. The number of rotatable bonds is 6. The van der Waals surface area contributed by atoms with Crippen molar-refractivity contribution in [2.75, 3.05) is 0 Å². The van der Waals surface area contributed by atoms with Gasteiger partial charge >= 0.3 is 0 Å². The Balaban J connectivity index is 0.779. The Morgan fingerprint density at radius 2 is 0.476 bits per heavy atom. The van der Waals surface area contributed by atoms with Gasteiger partial charge in [0.15, 0.2) is 17.5 Å². The third-order valence-electron chi connectivity index (χ3n) is 17.3. The van der Waals surface area contributed by atoms with Crippen LogP contribution in [0.1, 0.15) is 0 Å². The summed E-state index contributed by atoms with van der Waals surface area (Å²) in [5, 5.41) is 13.6. The van der Waals surface area contributed by atoms with E-state index in [2.05, 4.69) is 232 Å². The molecule has 0 unspecified atom stereocenters. The predicted octanol–water partition coefficient (Wildman–Crippen LogP) is 19.9. The summed E-state index contributed by atoms with van der Waals surface area (Å²) >= 11 is 0. The van der Waals surface area contributed by atoms with Crippen LogP contribution in [-0.2, 0) is 0 Å². The lowest BCUT2D eigenvalue weighted by Gasteiger charge is -2.13. The Kier molecular flexibility index (Phi) is 9.15. The second kappa shape index (κ2) is 17.0. The highest BCUT2D eigenvalue weighted by atomic mass is 16.3. The molecule has 0 N–H and O–H groups in total. The van der Waals surface area contributed by atoms with Crippen molar-refractivity contribution in [3.63, 3.8) is 0 Å². The molecule has 7 aromatic heterocycles. The van der Waals surface area contributed by atoms with Crippen LogP contribution in [0.3, 0.4) is 0 Å². The maximum Gasteiger partial charge on any atom is 0.164 e. The number of furan rings is 3. The fourth-order valence-corrected chi connectivity index (χ4v) is 13.6. The summed E-state index contributed by atoms with van der Waals surface area (Å²) < 4.78 is 26.4. The van der Waals surface area contributed by atoms with Crippen molar-refractivity contribution in [3.05, 3.63) is 255 Å². The number of fused-ring (bicyclic) bond motifs is 21. The molecule has 0 fully saturated rings. The van der Waals surface area contributed by atoms with Crippen molar-refractivity contribution in [1.82, 2.24) is 28.7 Å². The third kappa shape index (κ3) is 6.34. The summed E-state index contributed by atoms with van der Waals surface area (Å²) in [6.07, 6.45) is 0. The molecular weight excluding hydrogens is 1030 g/mol. The van der Waals surface area contributed by atoms with Gasteiger partial charge in [0, 0.05) is 82.2 Å². The zero-order valence-electron chi connectivity index (χ0n) is 44.7. The lowest BCUT2D eigenvalue weighted by atomic mass is 10.1.